The molecule has 0 radical (unpaired) electrons. The number of carbonyl (C=O) groups excluding carboxylic acids is 1. The lowest BCUT2D eigenvalue weighted by atomic mass is 10.1. The van der Waals surface area contributed by atoms with Gasteiger partial charge in [-0.05, 0) is 29.8 Å². The number of ether oxygens (including phenoxy) is 1. The van der Waals surface area contributed by atoms with Crippen LogP contribution in [0.3, 0.4) is 0 Å². The smallest absolute Gasteiger partial charge is 0.251 e. The highest BCUT2D eigenvalue weighted by Crippen LogP contribution is 2.27. The Morgan fingerprint density at radius 3 is 2.62 bits per heavy atom. The summed E-state index contributed by atoms with van der Waals surface area (Å²) in [4.78, 5) is 12.1. The molecule has 108 valence electrons. The number of amides is 1. The predicted molar refractivity (Wildman–Crippen MR) is 82.2 cm³/mol. The van der Waals surface area contributed by atoms with Gasteiger partial charge in [-0.2, -0.15) is 0 Å². The minimum absolute atomic E-state index is 0.0373. The van der Waals surface area contributed by atoms with Gasteiger partial charge in [0.25, 0.3) is 5.91 Å². The largest absolute Gasteiger partial charge is 0.488 e. The molecule has 5 N–H and O–H groups in total. The molecule has 3 rings (SSSR count). The van der Waals surface area contributed by atoms with Crippen molar-refractivity contribution in [2.75, 3.05) is 18.0 Å². The lowest BCUT2D eigenvalue weighted by molar-refractivity contribution is 0.0933. The van der Waals surface area contributed by atoms with Crippen LogP contribution in [-0.4, -0.2) is 18.6 Å². The van der Waals surface area contributed by atoms with E-state index in [0.717, 1.165) is 12.2 Å². The molecule has 5 heteroatoms. The fourth-order valence-corrected chi connectivity index (χ4v) is 2.48. The van der Waals surface area contributed by atoms with Crippen LogP contribution >= 0.6 is 0 Å². The Hall–Kier alpha value is -2.69. The molecule has 1 aliphatic heterocycles. The van der Waals surface area contributed by atoms with Gasteiger partial charge in [-0.1, -0.05) is 18.2 Å². The van der Waals surface area contributed by atoms with Gasteiger partial charge in [-0.15, -0.1) is 0 Å². The van der Waals surface area contributed by atoms with Crippen molar-refractivity contribution in [3.63, 3.8) is 0 Å². The topological polar surface area (TPSA) is 90.4 Å². The van der Waals surface area contributed by atoms with E-state index in [9.17, 15) is 4.79 Å². The fourth-order valence-electron chi connectivity index (χ4n) is 2.48. The van der Waals surface area contributed by atoms with Gasteiger partial charge in [0.15, 0.2) is 0 Å². The number of nitrogen functional groups attached to an aromatic ring is 2. The third-order valence-electron chi connectivity index (χ3n) is 3.44. The molecule has 1 unspecified atom stereocenters. The van der Waals surface area contributed by atoms with Crippen molar-refractivity contribution in [3.05, 3.63) is 53.6 Å². The van der Waals surface area contributed by atoms with Crippen molar-refractivity contribution in [1.29, 1.82) is 0 Å². The highest BCUT2D eigenvalue weighted by Gasteiger charge is 2.22. The molecular formula is C16H17N3O2. The number of rotatable bonds is 3. The molecule has 1 heterocycles. The van der Waals surface area contributed by atoms with Gasteiger partial charge in [0.1, 0.15) is 11.9 Å². The van der Waals surface area contributed by atoms with Gasteiger partial charge >= 0.3 is 0 Å². The Bertz CT molecular complexity index is 640. The zero-order valence-corrected chi connectivity index (χ0v) is 11.5. The van der Waals surface area contributed by atoms with Gasteiger partial charge < -0.3 is 21.5 Å². The molecule has 0 bridgehead atoms. The SMILES string of the molecule is Nc1cc(N)cc(C(=O)NCC2Cc3ccccc3O2)c1. The van der Waals surface area contributed by atoms with E-state index in [1.807, 2.05) is 24.3 Å². The average molecular weight is 283 g/mol. The molecule has 0 saturated carbocycles. The Morgan fingerprint density at radius 1 is 1.19 bits per heavy atom. The van der Waals surface area contributed by atoms with E-state index >= 15 is 0 Å². The van der Waals surface area contributed by atoms with E-state index in [1.54, 1.807) is 18.2 Å². The molecule has 21 heavy (non-hydrogen) atoms. The number of hydrogen-bond acceptors (Lipinski definition) is 4. The lowest BCUT2D eigenvalue weighted by Crippen LogP contribution is -2.34. The minimum Gasteiger partial charge on any atom is -0.488 e. The van der Waals surface area contributed by atoms with Crippen LogP contribution in [0.5, 0.6) is 5.75 Å². The second-order valence-corrected chi connectivity index (χ2v) is 5.15. The maximum atomic E-state index is 12.1. The molecule has 1 atom stereocenters. The summed E-state index contributed by atoms with van der Waals surface area (Å²) in [5.74, 6) is 0.693. The van der Waals surface area contributed by atoms with Crippen LogP contribution in [0.25, 0.3) is 0 Å². The number of anilines is 2. The van der Waals surface area contributed by atoms with Gasteiger partial charge in [-0.25, -0.2) is 0 Å². The Balaban J connectivity index is 1.60. The van der Waals surface area contributed by atoms with Crippen LogP contribution < -0.4 is 21.5 Å². The molecule has 0 spiro atoms. The van der Waals surface area contributed by atoms with Gasteiger partial charge in [0.05, 0.1) is 6.54 Å². The number of fused-ring (bicyclic) bond motifs is 1. The molecule has 0 fully saturated rings. The molecule has 1 aliphatic rings. The first-order chi connectivity index (χ1) is 10.1. The molecule has 0 aromatic heterocycles. The summed E-state index contributed by atoms with van der Waals surface area (Å²) in [6.07, 6.45) is 0.764. The molecule has 0 aliphatic carbocycles. The number of carbonyl (C=O) groups is 1. The maximum absolute atomic E-state index is 12.1. The summed E-state index contributed by atoms with van der Waals surface area (Å²) in [5, 5.41) is 2.86. The second-order valence-electron chi connectivity index (χ2n) is 5.15. The van der Waals surface area contributed by atoms with Gasteiger partial charge in [-0.3, -0.25) is 4.79 Å². The summed E-state index contributed by atoms with van der Waals surface area (Å²) >= 11 is 0. The van der Waals surface area contributed by atoms with Crippen LogP contribution in [0.4, 0.5) is 11.4 Å². The average Bonchev–Trinajstić information content (AvgIpc) is 2.86. The van der Waals surface area contributed by atoms with E-state index < -0.39 is 0 Å². The molecular weight excluding hydrogens is 266 g/mol. The van der Waals surface area contributed by atoms with Crippen molar-refractivity contribution in [3.8, 4) is 5.75 Å². The number of hydrogen-bond donors (Lipinski definition) is 3. The molecule has 2 aromatic carbocycles. The zero-order chi connectivity index (χ0) is 14.8. The highest BCUT2D eigenvalue weighted by molar-refractivity contribution is 5.96. The Morgan fingerprint density at radius 2 is 1.90 bits per heavy atom. The number of nitrogens with one attached hydrogen (secondary N) is 1. The van der Waals surface area contributed by atoms with E-state index in [4.69, 9.17) is 16.2 Å². The predicted octanol–water partition coefficient (Wildman–Crippen LogP) is 1.58. The first-order valence-electron chi connectivity index (χ1n) is 6.80. The van der Waals surface area contributed by atoms with Crippen LogP contribution in [0.2, 0.25) is 0 Å². The minimum atomic E-state index is -0.200. The highest BCUT2D eigenvalue weighted by atomic mass is 16.5. The lowest BCUT2D eigenvalue weighted by Gasteiger charge is -2.12. The van der Waals surface area contributed by atoms with Crippen molar-refractivity contribution < 1.29 is 9.53 Å². The van der Waals surface area contributed by atoms with E-state index in [2.05, 4.69) is 5.32 Å². The summed E-state index contributed by atoms with van der Waals surface area (Å²) < 4.78 is 5.78. The maximum Gasteiger partial charge on any atom is 0.251 e. The van der Waals surface area contributed by atoms with Crippen LogP contribution in [0.1, 0.15) is 15.9 Å². The quantitative estimate of drug-likeness (QED) is 0.746. The summed E-state index contributed by atoms with van der Waals surface area (Å²) in [6.45, 7) is 0.447. The number of para-hydroxylation sites is 1. The summed E-state index contributed by atoms with van der Waals surface area (Å²) in [6, 6.07) is 12.7. The van der Waals surface area contributed by atoms with E-state index in [0.29, 0.717) is 23.5 Å². The second kappa shape index (κ2) is 5.36. The van der Waals surface area contributed by atoms with Gasteiger partial charge in [0.2, 0.25) is 0 Å². The van der Waals surface area contributed by atoms with Crippen molar-refractivity contribution in [1.82, 2.24) is 5.32 Å². The Kier molecular flexibility index (Phi) is 3.39. The summed E-state index contributed by atoms with van der Waals surface area (Å²) in [5.41, 5.74) is 14.0. The van der Waals surface area contributed by atoms with Crippen molar-refractivity contribution >= 4 is 17.3 Å². The molecule has 2 aromatic rings. The fraction of sp³-hybridized carbons (Fsp3) is 0.188. The monoisotopic (exact) mass is 283 g/mol. The van der Waals surface area contributed by atoms with E-state index in [-0.39, 0.29) is 12.0 Å². The third kappa shape index (κ3) is 2.91. The van der Waals surface area contributed by atoms with Crippen LogP contribution in [0.15, 0.2) is 42.5 Å². The molecule has 5 nitrogen and oxygen atoms in total. The first-order valence-corrected chi connectivity index (χ1v) is 6.80. The number of benzene rings is 2. The van der Waals surface area contributed by atoms with Crippen LogP contribution in [-0.2, 0) is 6.42 Å². The van der Waals surface area contributed by atoms with Crippen molar-refractivity contribution in [2.24, 2.45) is 0 Å². The Labute approximate surface area is 122 Å². The summed E-state index contributed by atoms with van der Waals surface area (Å²) in [7, 11) is 0. The first kappa shape index (κ1) is 13.3. The standard InChI is InChI=1S/C16H17N3O2/c17-12-5-11(6-13(18)8-12)16(20)19-9-14-7-10-3-1-2-4-15(10)21-14/h1-6,8,14H,7,9,17-18H2,(H,19,20). The molecule has 0 saturated heterocycles. The van der Waals surface area contributed by atoms with E-state index in [1.165, 1.54) is 5.56 Å². The zero-order valence-electron chi connectivity index (χ0n) is 11.5. The van der Waals surface area contributed by atoms with Gasteiger partial charge in [0, 0.05) is 23.4 Å². The number of nitrogens with two attached hydrogens (primary N) is 2. The molecule has 1 amide bonds. The normalized spacial score (nSPS) is 16.1. The van der Waals surface area contributed by atoms with Crippen LogP contribution in [0, 0.1) is 0 Å². The third-order valence-corrected chi connectivity index (χ3v) is 3.44. The van der Waals surface area contributed by atoms with Crippen molar-refractivity contribution in [2.45, 2.75) is 12.5 Å².